The number of aryl methyl sites for hydroxylation is 1. The van der Waals surface area contributed by atoms with E-state index in [9.17, 15) is 19.7 Å². The van der Waals surface area contributed by atoms with E-state index in [2.05, 4.69) is 4.98 Å². The number of nitro benzene ring substituents is 1. The first-order valence-corrected chi connectivity index (χ1v) is 9.34. The van der Waals surface area contributed by atoms with E-state index in [4.69, 9.17) is 15.2 Å². The summed E-state index contributed by atoms with van der Waals surface area (Å²) in [5.41, 5.74) is 4.33. The number of non-ortho nitro benzene ring substituents is 1. The second-order valence-corrected chi connectivity index (χ2v) is 6.63. The lowest BCUT2D eigenvalue weighted by Crippen LogP contribution is -2.09. The van der Waals surface area contributed by atoms with Crippen molar-refractivity contribution in [3.8, 4) is 5.69 Å². The molecule has 0 fully saturated rings. The molecular formula is C22H18N4O6. The van der Waals surface area contributed by atoms with Gasteiger partial charge < -0.3 is 10.2 Å². The number of nitro groups is 1. The zero-order chi connectivity index (χ0) is 23.3. The normalized spacial score (nSPS) is 12.0. The highest BCUT2D eigenvalue weighted by molar-refractivity contribution is 6.15. The largest absolute Gasteiger partial charge is 0.478 e. The van der Waals surface area contributed by atoms with Gasteiger partial charge in [0.05, 0.1) is 34.8 Å². The molecule has 2 N–H and O–H groups in total. The minimum atomic E-state index is -1.26. The summed E-state index contributed by atoms with van der Waals surface area (Å²) in [6.45, 7) is 2.40. The van der Waals surface area contributed by atoms with Gasteiger partial charge in [-0.05, 0) is 13.0 Å². The molecule has 0 atom stereocenters. The number of fused-ring (bicyclic) bond motifs is 3. The van der Waals surface area contributed by atoms with Gasteiger partial charge in [0.2, 0.25) is 0 Å². The molecule has 0 unspecified atom stereocenters. The van der Waals surface area contributed by atoms with Gasteiger partial charge in [0.25, 0.3) is 5.69 Å². The Kier molecular flexibility index (Phi) is 6.54. The SMILES string of the molecule is Cc1ncc2n1-c1ccc([N+](=O)[O-])cc1C(c1ccccc1)=NC2.O=C(O)/C=C\C(=O)O. The van der Waals surface area contributed by atoms with E-state index in [1.165, 1.54) is 6.07 Å². The van der Waals surface area contributed by atoms with Crippen molar-refractivity contribution in [2.45, 2.75) is 13.5 Å². The van der Waals surface area contributed by atoms with E-state index in [1.54, 1.807) is 18.3 Å². The molecule has 0 bridgehead atoms. The van der Waals surface area contributed by atoms with Crippen LogP contribution in [0.15, 0.2) is 71.9 Å². The number of nitrogens with zero attached hydrogens (tertiary/aromatic N) is 4. The van der Waals surface area contributed by atoms with Crippen LogP contribution >= 0.6 is 0 Å². The first-order valence-electron chi connectivity index (χ1n) is 9.34. The van der Waals surface area contributed by atoms with E-state index >= 15 is 0 Å². The average Bonchev–Trinajstić information content (AvgIpc) is 3.04. The molecule has 1 aromatic heterocycles. The molecule has 1 aliphatic rings. The molecule has 3 aromatic rings. The lowest BCUT2D eigenvalue weighted by atomic mass is 10.00. The highest BCUT2D eigenvalue weighted by Gasteiger charge is 2.22. The van der Waals surface area contributed by atoms with Crippen molar-refractivity contribution in [1.29, 1.82) is 0 Å². The van der Waals surface area contributed by atoms with Crippen LogP contribution < -0.4 is 0 Å². The van der Waals surface area contributed by atoms with E-state index in [0.29, 0.717) is 18.7 Å². The summed E-state index contributed by atoms with van der Waals surface area (Å²) in [6, 6.07) is 14.6. The van der Waals surface area contributed by atoms with Crippen LogP contribution in [0.2, 0.25) is 0 Å². The standard InChI is InChI=1S/C18H14N4O2.C4H4O4/c1-12-19-10-15-11-20-18(13-5-3-2-4-6-13)16-9-14(22(23)24)7-8-17(16)21(12)15;5-3(6)1-2-4(7)8/h2-10H,11H2,1H3;1-2H,(H,5,6)(H,7,8)/b;2-1-. The number of carbonyl (C=O) groups is 2. The molecule has 0 amide bonds. The first kappa shape index (κ1) is 22.1. The highest BCUT2D eigenvalue weighted by Crippen LogP contribution is 2.29. The number of carboxylic acid groups (broad SMARTS) is 2. The smallest absolute Gasteiger partial charge is 0.328 e. The van der Waals surface area contributed by atoms with Crippen LogP contribution in [0, 0.1) is 17.0 Å². The monoisotopic (exact) mass is 434 g/mol. The van der Waals surface area contributed by atoms with E-state index in [1.807, 2.05) is 41.8 Å². The predicted molar refractivity (Wildman–Crippen MR) is 115 cm³/mol. The molecule has 0 saturated heterocycles. The molecule has 2 aromatic carbocycles. The van der Waals surface area contributed by atoms with Crippen molar-refractivity contribution in [1.82, 2.24) is 9.55 Å². The number of aliphatic imine (C=N–C) groups is 1. The topological polar surface area (TPSA) is 148 Å². The van der Waals surface area contributed by atoms with Crippen molar-refractivity contribution >= 4 is 23.3 Å². The molecule has 1 aliphatic heterocycles. The summed E-state index contributed by atoms with van der Waals surface area (Å²) >= 11 is 0. The lowest BCUT2D eigenvalue weighted by molar-refractivity contribution is -0.384. The first-order chi connectivity index (χ1) is 15.3. The summed E-state index contributed by atoms with van der Waals surface area (Å²) in [7, 11) is 0. The van der Waals surface area contributed by atoms with Crippen LogP contribution in [-0.2, 0) is 16.1 Å². The molecule has 10 nitrogen and oxygen atoms in total. The van der Waals surface area contributed by atoms with Crippen LogP contribution in [0.4, 0.5) is 5.69 Å². The number of carboxylic acids is 2. The van der Waals surface area contributed by atoms with Gasteiger partial charge in [0.1, 0.15) is 5.82 Å². The fraction of sp³-hybridized carbons (Fsp3) is 0.0909. The van der Waals surface area contributed by atoms with Crippen LogP contribution in [0.1, 0.15) is 22.6 Å². The van der Waals surface area contributed by atoms with Gasteiger partial charge in [-0.1, -0.05) is 30.3 Å². The van der Waals surface area contributed by atoms with E-state index < -0.39 is 11.9 Å². The van der Waals surface area contributed by atoms with Crippen LogP contribution in [0.5, 0.6) is 0 Å². The molecule has 32 heavy (non-hydrogen) atoms. The van der Waals surface area contributed by atoms with Gasteiger partial charge in [-0.25, -0.2) is 14.6 Å². The van der Waals surface area contributed by atoms with Crippen molar-refractivity contribution in [2.24, 2.45) is 4.99 Å². The van der Waals surface area contributed by atoms with E-state index in [-0.39, 0.29) is 10.6 Å². The zero-order valence-corrected chi connectivity index (χ0v) is 16.9. The minimum absolute atomic E-state index is 0.0543. The number of hydrogen-bond acceptors (Lipinski definition) is 6. The third kappa shape index (κ3) is 4.93. The summed E-state index contributed by atoms with van der Waals surface area (Å²) < 4.78 is 2.01. The second-order valence-electron chi connectivity index (χ2n) is 6.63. The molecular weight excluding hydrogens is 416 g/mol. The predicted octanol–water partition coefficient (Wildman–Crippen LogP) is 3.15. The molecule has 4 rings (SSSR count). The Morgan fingerprint density at radius 2 is 1.75 bits per heavy atom. The number of aromatic nitrogens is 2. The van der Waals surface area contributed by atoms with Crippen LogP contribution in [0.3, 0.4) is 0 Å². The van der Waals surface area contributed by atoms with Crippen molar-refractivity contribution in [2.75, 3.05) is 0 Å². The molecule has 0 aliphatic carbocycles. The third-order valence-electron chi connectivity index (χ3n) is 4.51. The Hall–Kier alpha value is -4.60. The Bertz CT molecular complexity index is 1230. The summed E-state index contributed by atoms with van der Waals surface area (Å²) in [5, 5.41) is 26.8. The van der Waals surface area contributed by atoms with Crippen LogP contribution in [0.25, 0.3) is 5.69 Å². The Balaban J connectivity index is 0.000000312. The van der Waals surface area contributed by atoms with Crippen molar-refractivity contribution in [3.05, 3.63) is 99.6 Å². The number of rotatable bonds is 4. The molecule has 0 radical (unpaired) electrons. The fourth-order valence-electron chi connectivity index (χ4n) is 3.18. The Morgan fingerprint density at radius 3 is 2.34 bits per heavy atom. The number of aliphatic carboxylic acids is 2. The maximum atomic E-state index is 11.2. The maximum absolute atomic E-state index is 11.2. The number of hydrogen-bond donors (Lipinski definition) is 2. The minimum Gasteiger partial charge on any atom is -0.478 e. The number of imidazole rings is 1. The van der Waals surface area contributed by atoms with Crippen molar-refractivity contribution < 1.29 is 24.7 Å². The van der Waals surface area contributed by atoms with Gasteiger partial charge in [-0.2, -0.15) is 0 Å². The molecule has 0 spiro atoms. The number of benzene rings is 2. The van der Waals surface area contributed by atoms with Crippen LogP contribution in [-0.4, -0.2) is 42.3 Å². The second kappa shape index (κ2) is 9.47. The highest BCUT2D eigenvalue weighted by atomic mass is 16.6. The molecule has 0 saturated carbocycles. The summed E-state index contributed by atoms with van der Waals surface area (Å²) in [6.07, 6.45) is 2.92. The Labute approximate surface area is 182 Å². The molecule has 2 heterocycles. The fourth-order valence-corrected chi connectivity index (χ4v) is 3.18. The quantitative estimate of drug-likeness (QED) is 0.364. The van der Waals surface area contributed by atoms with Gasteiger partial charge >= 0.3 is 11.9 Å². The summed E-state index contributed by atoms with van der Waals surface area (Å²) in [5.74, 6) is -1.68. The lowest BCUT2D eigenvalue weighted by Gasteiger charge is -2.13. The average molecular weight is 434 g/mol. The Morgan fingerprint density at radius 1 is 1.09 bits per heavy atom. The van der Waals surface area contributed by atoms with E-state index in [0.717, 1.165) is 34.0 Å². The van der Waals surface area contributed by atoms with Gasteiger partial charge in [0, 0.05) is 35.4 Å². The third-order valence-corrected chi connectivity index (χ3v) is 4.51. The molecule has 162 valence electrons. The van der Waals surface area contributed by atoms with Gasteiger partial charge in [-0.15, -0.1) is 0 Å². The van der Waals surface area contributed by atoms with Gasteiger partial charge in [-0.3, -0.25) is 19.7 Å². The maximum Gasteiger partial charge on any atom is 0.328 e. The zero-order valence-electron chi connectivity index (χ0n) is 16.9. The van der Waals surface area contributed by atoms with Crippen molar-refractivity contribution in [3.63, 3.8) is 0 Å². The van der Waals surface area contributed by atoms with Gasteiger partial charge in [0.15, 0.2) is 0 Å². The summed E-state index contributed by atoms with van der Waals surface area (Å²) in [4.78, 5) is 39.0. The molecule has 10 heteroatoms.